The van der Waals surface area contributed by atoms with Crippen molar-refractivity contribution in [3.63, 3.8) is 0 Å². The fraction of sp³-hybridized carbons (Fsp3) is 0.520. The van der Waals surface area contributed by atoms with Crippen molar-refractivity contribution in [2.45, 2.75) is 50.7 Å². The van der Waals surface area contributed by atoms with Gasteiger partial charge in [-0.25, -0.2) is 4.68 Å². The molecule has 2 aromatic heterocycles. The van der Waals surface area contributed by atoms with Gasteiger partial charge in [0.05, 0.1) is 19.2 Å². The van der Waals surface area contributed by atoms with Crippen LogP contribution in [-0.4, -0.2) is 68.3 Å². The maximum Gasteiger partial charge on any atom is 0.173 e. The van der Waals surface area contributed by atoms with E-state index in [4.69, 9.17) is 4.74 Å². The molecule has 3 aromatic rings. The van der Waals surface area contributed by atoms with Gasteiger partial charge in [-0.05, 0) is 58.7 Å². The lowest BCUT2D eigenvalue weighted by molar-refractivity contribution is 0.0986. The van der Waals surface area contributed by atoms with Gasteiger partial charge in [0.2, 0.25) is 0 Å². The highest BCUT2D eigenvalue weighted by atomic mass is 16.5. The number of methoxy groups -OCH3 is 1. The summed E-state index contributed by atoms with van der Waals surface area (Å²) in [6.07, 6.45) is 9.89. The van der Waals surface area contributed by atoms with Crippen LogP contribution in [0.2, 0.25) is 0 Å². The van der Waals surface area contributed by atoms with Crippen LogP contribution in [0.5, 0.6) is 5.75 Å². The second-order valence-electron chi connectivity index (χ2n) is 9.12. The lowest BCUT2D eigenvalue weighted by Gasteiger charge is -2.39. The van der Waals surface area contributed by atoms with Gasteiger partial charge in [0.25, 0.3) is 0 Å². The molecule has 2 fully saturated rings. The molecule has 0 unspecified atom stereocenters. The minimum absolute atomic E-state index is 0.0379. The van der Waals surface area contributed by atoms with Crippen LogP contribution in [0, 0.1) is 0 Å². The third-order valence-electron chi connectivity index (χ3n) is 7.04. The fourth-order valence-electron chi connectivity index (χ4n) is 5.20. The van der Waals surface area contributed by atoms with Gasteiger partial charge in [0.1, 0.15) is 5.75 Å². The van der Waals surface area contributed by atoms with Gasteiger partial charge < -0.3 is 4.74 Å². The standard InChI is InChI=1S/C25H33N7O/c1-33-23-9-7-21(8-10-23)24(25-27-28-29-32(25)22-5-3-2-4-6-22)31-17-15-30(16-18-31)19-20-11-13-26-14-12-20/h7-14,22,24H,2-6,15-19H2,1H3/t24-/m0/s1. The Hall–Kier alpha value is -2.84. The first kappa shape index (κ1) is 22.0. The molecule has 174 valence electrons. The van der Waals surface area contributed by atoms with Crippen molar-refractivity contribution in [3.8, 4) is 5.75 Å². The van der Waals surface area contributed by atoms with Crippen molar-refractivity contribution >= 4 is 0 Å². The molecule has 0 radical (unpaired) electrons. The lowest BCUT2D eigenvalue weighted by atomic mass is 9.95. The third-order valence-corrected chi connectivity index (χ3v) is 7.04. The zero-order valence-electron chi connectivity index (χ0n) is 19.4. The summed E-state index contributed by atoms with van der Waals surface area (Å²) in [4.78, 5) is 9.19. The molecule has 1 aliphatic heterocycles. The zero-order valence-corrected chi connectivity index (χ0v) is 19.4. The summed E-state index contributed by atoms with van der Waals surface area (Å²) in [7, 11) is 1.71. The number of ether oxygens (including phenoxy) is 1. The topological polar surface area (TPSA) is 72.2 Å². The van der Waals surface area contributed by atoms with Gasteiger partial charge in [-0.3, -0.25) is 14.8 Å². The summed E-state index contributed by atoms with van der Waals surface area (Å²) in [5.41, 5.74) is 2.52. The van der Waals surface area contributed by atoms with Crippen LogP contribution in [0.15, 0.2) is 48.8 Å². The molecule has 0 amide bonds. The smallest absolute Gasteiger partial charge is 0.173 e. The van der Waals surface area contributed by atoms with Crippen LogP contribution in [0.3, 0.4) is 0 Å². The predicted octanol–water partition coefficient (Wildman–Crippen LogP) is 3.49. The Balaban J connectivity index is 1.38. The number of tetrazole rings is 1. The van der Waals surface area contributed by atoms with E-state index in [1.807, 2.05) is 24.5 Å². The van der Waals surface area contributed by atoms with Crippen LogP contribution in [-0.2, 0) is 6.54 Å². The fourth-order valence-corrected chi connectivity index (χ4v) is 5.20. The minimum Gasteiger partial charge on any atom is -0.497 e. The average molecular weight is 448 g/mol. The normalized spacial score (nSPS) is 19.4. The molecular weight excluding hydrogens is 414 g/mol. The monoisotopic (exact) mass is 447 g/mol. The molecule has 8 nitrogen and oxygen atoms in total. The molecule has 0 N–H and O–H groups in total. The van der Waals surface area contributed by atoms with Gasteiger partial charge in [0, 0.05) is 45.1 Å². The summed E-state index contributed by atoms with van der Waals surface area (Å²) >= 11 is 0. The summed E-state index contributed by atoms with van der Waals surface area (Å²) in [6.45, 7) is 4.93. The Labute approximate surface area is 195 Å². The van der Waals surface area contributed by atoms with E-state index < -0.39 is 0 Å². The first-order valence-corrected chi connectivity index (χ1v) is 12.1. The molecule has 1 aliphatic carbocycles. The number of nitrogens with zero attached hydrogens (tertiary/aromatic N) is 7. The number of benzene rings is 1. The van der Waals surface area contributed by atoms with E-state index in [1.165, 1.54) is 30.4 Å². The molecule has 1 aromatic carbocycles. The summed E-state index contributed by atoms with van der Waals surface area (Å²) in [5, 5.41) is 13.2. The predicted molar refractivity (Wildman–Crippen MR) is 126 cm³/mol. The first-order chi connectivity index (χ1) is 16.3. The van der Waals surface area contributed by atoms with Crippen molar-refractivity contribution in [1.29, 1.82) is 0 Å². The molecule has 1 atom stereocenters. The van der Waals surface area contributed by atoms with Crippen molar-refractivity contribution in [1.82, 2.24) is 35.0 Å². The maximum absolute atomic E-state index is 5.40. The molecule has 1 saturated carbocycles. The number of hydrogen-bond donors (Lipinski definition) is 0. The molecule has 0 spiro atoms. The Morgan fingerprint density at radius 3 is 2.36 bits per heavy atom. The third kappa shape index (κ3) is 5.07. The van der Waals surface area contributed by atoms with Gasteiger partial charge >= 0.3 is 0 Å². The number of pyridine rings is 1. The molecule has 2 aliphatic rings. The summed E-state index contributed by atoms with van der Waals surface area (Å²) < 4.78 is 7.53. The highest BCUT2D eigenvalue weighted by Gasteiger charge is 2.32. The molecule has 5 rings (SSSR count). The van der Waals surface area contributed by atoms with E-state index in [0.717, 1.165) is 57.1 Å². The van der Waals surface area contributed by atoms with Gasteiger partial charge in [0.15, 0.2) is 5.82 Å². The zero-order chi connectivity index (χ0) is 22.5. The lowest BCUT2D eigenvalue weighted by Crippen LogP contribution is -2.48. The van der Waals surface area contributed by atoms with Crippen molar-refractivity contribution < 1.29 is 4.74 Å². The van der Waals surface area contributed by atoms with Gasteiger partial charge in [-0.1, -0.05) is 31.4 Å². The van der Waals surface area contributed by atoms with Crippen LogP contribution < -0.4 is 4.74 Å². The first-order valence-electron chi connectivity index (χ1n) is 12.1. The molecule has 3 heterocycles. The number of rotatable bonds is 7. The second-order valence-corrected chi connectivity index (χ2v) is 9.12. The Morgan fingerprint density at radius 2 is 1.67 bits per heavy atom. The van der Waals surface area contributed by atoms with Crippen LogP contribution in [0.25, 0.3) is 0 Å². The highest BCUT2D eigenvalue weighted by Crippen LogP contribution is 2.34. The molecule has 1 saturated heterocycles. The van der Waals surface area contributed by atoms with Crippen molar-refractivity contribution in [3.05, 3.63) is 65.7 Å². The highest BCUT2D eigenvalue weighted by molar-refractivity contribution is 5.32. The SMILES string of the molecule is COc1ccc([C@@H](c2nnnn2C2CCCCC2)N2CCN(Cc3ccncc3)CC2)cc1. The quantitative estimate of drug-likeness (QED) is 0.549. The van der Waals surface area contributed by atoms with Crippen LogP contribution in [0.4, 0.5) is 0 Å². The van der Waals surface area contributed by atoms with Gasteiger partial charge in [-0.15, -0.1) is 5.10 Å². The van der Waals surface area contributed by atoms with Crippen LogP contribution in [0.1, 0.15) is 61.1 Å². The van der Waals surface area contributed by atoms with Crippen molar-refractivity contribution in [2.75, 3.05) is 33.3 Å². The number of piperazine rings is 1. The summed E-state index contributed by atoms with van der Waals surface area (Å²) in [6, 6.07) is 13.0. The van der Waals surface area contributed by atoms with E-state index >= 15 is 0 Å². The van der Waals surface area contributed by atoms with E-state index in [2.05, 4.69) is 59.3 Å². The molecule has 8 heteroatoms. The minimum atomic E-state index is 0.0379. The number of aromatic nitrogens is 5. The van der Waals surface area contributed by atoms with Crippen molar-refractivity contribution in [2.24, 2.45) is 0 Å². The molecule has 0 bridgehead atoms. The van der Waals surface area contributed by atoms with E-state index in [0.29, 0.717) is 6.04 Å². The second kappa shape index (κ2) is 10.4. The van der Waals surface area contributed by atoms with Crippen LogP contribution >= 0.6 is 0 Å². The van der Waals surface area contributed by atoms with E-state index in [1.54, 1.807) is 7.11 Å². The van der Waals surface area contributed by atoms with E-state index in [-0.39, 0.29) is 6.04 Å². The Kier molecular flexibility index (Phi) is 6.92. The largest absolute Gasteiger partial charge is 0.497 e. The average Bonchev–Trinajstić information content (AvgIpc) is 3.36. The van der Waals surface area contributed by atoms with E-state index in [9.17, 15) is 0 Å². The Bertz CT molecular complexity index is 993. The summed E-state index contributed by atoms with van der Waals surface area (Å²) in [5.74, 6) is 1.83. The Morgan fingerprint density at radius 1 is 0.939 bits per heavy atom. The van der Waals surface area contributed by atoms with Gasteiger partial charge in [-0.2, -0.15) is 0 Å². The molecular formula is C25H33N7O. The number of hydrogen-bond acceptors (Lipinski definition) is 7. The molecule has 33 heavy (non-hydrogen) atoms. The maximum atomic E-state index is 5.40.